The van der Waals surface area contributed by atoms with E-state index < -0.39 is 6.04 Å². The van der Waals surface area contributed by atoms with Crippen molar-refractivity contribution in [1.29, 1.82) is 0 Å². The second-order valence-corrected chi connectivity index (χ2v) is 5.35. The van der Waals surface area contributed by atoms with Crippen LogP contribution in [0.2, 0.25) is 0 Å². The summed E-state index contributed by atoms with van der Waals surface area (Å²) in [5.41, 5.74) is 2.09. The number of hydrogen-bond acceptors (Lipinski definition) is 3. The average Bonchev–Trinajstić information content (AvgIpc) is 2.60. The SMILES string of the molecule is CCC1NC(=O)CCN(Cc2cc(C)ccc2OC)C1=O. The Kier molecular flexibility index (Phi) is 4.83. The summed E-state index contributed by atoms with van der Waals surface area (Å²) in [7, 11) is 1.62. The van der Waals surface area contributed by atoms with Crippen LogP contribution in [-0.4, -0.2) is 36.4 Å². The maximum atomic E-state index is 12.5. The molecule has 5 heteroatoms. The second kappa shape index (κ2) is 6.61. The number of nitrogens with zero attached hydrogens (tertiary/aromatic N) is 1. The van der Waals surface area contributed by atoms with Crippen LogP contribution >= 0.6 is 0 Å². The van der Waals surface area contributed by atoms with Crippen LogP contribution in [0.25, 0.3) is 0 Å². The number of methoxy groups -OCH3 is 1. The quantitative estimate of drug-likeness (QED) is 0.917. The maximum absolute atomic E-state index is 12.5. The molecule has 1 N–H and O–H groups in total. The van der Waals surface area contributed by atoms with Crippen molar-refractivity contribution in [2.45, 2.75) is 39.3 Å². The lowest BCUT2D eigenvalue weighted by molar-refractivity contribution is -0.134. The van der Waals surface area contributed by atoms with Gasteiger partial charge in [0.25, 0.3) is 0 Å². The molecule has 1 aromatic carbocycles. The van der Waals surface area contributed by atoms with Crippen LogP contribution in [0.5, 0.6) is 5.75 Å². The molecule has 2 rings (SSSR count). The highest BCUT2D eigenvalue weighted by Gasteiger charge is 2.28. The van der Waals surface area contributed by atoms with Crippen LogP contribution in [0.3, 0.4) is 0 Å². The molecule has 0 saturated carbocycles. The number of carbonyl (C=O) groups excluding carboxylic acids is 2. The second-order valence-electron chi connectivity index (χ2n) is 5.35. The largest absolute Gasteiger partial charge is 0.496 e. The number of benzene rings is 1. The fraction of sp³-hybridized carbons (Fsp3) is 0.500. The molecule has 21 heavy (non-hydrogen) atoms. The number of rotatable bonds is 4. The lowest BCUT2D eigenvalue weighted by Crippen LogP contribution is -2.43. The van der Waals surface area contributed by atoms with E-state index in [9.17, 15) is 9.59 Å². The van der Waals surface area contributed by atoms with E-state index in [1.807, 2.05) is 32.0 Å². The fourth-order valence-corrected chi connectivity index (χ4v) is 2.57. The molecule has 1 heterocycles. The Labute approximate surface area is 125 Å². The molecule has 1 aromatic rings. The Morgan fingerprint density at radius 2 is 2.14 bits per heavy atom. The average molecular weight is 290 g/mol. The van der Waals surface area contributed by atoms with Gasteiger partial charge in [0.2, 0.25) is 11.8 Å². The predicted molar refractivity (Wildman–Crippen MR) is 80.0 cm³/mol. The monoisotopic (exact) mass is 290 g/mol. The van der Waals surface area contributed by atoms with Gasteiger partial charge >= 0.3 is 0 Å². The molecule has 0 bridgehead atoms. The summed E-state index contributed by atoms with van der Waals surface area (Å²) in [4.78, 5) is 25.9. The zero-order valence-electron chi connectivity index (χ0n) is 12.8. The van der Waals surface area contributed by atoms with E-state index in [0.29, 0.717) is 25.9 Å². The third-order valence-electron chi connectivity index (χ3n) is 3.76. The van der Waals surface area contributed by atoms with Gasteiger partial charge in [-0.15, -0.1) is 0 Å². The van der Waals surface area contributed by atoms with Crippen LogP contribution in [0.1, 0.15) is 30.9 Å². The summed E-state index contributed by atoms with van der Waals surface area (Å²) in [5, 5.41) is 2.77. The molecule has 114 valence electrons. The standard InChI is InChI=1S/C16H22N2O3/c1-4-13-16(20)18(8-7-15(19)17-13)10-12-9-11(2)5-6-14(12)21-3/h5-6,9,13H,4,7-8,10H2,1-3H3,(H,17,19). The topological polar surface area (TPSA) is 58.6 Å². The van der Waals surface area contributed by atoms with E-state index in [0.717, 1.165) is 16.9 Å². The zero-order valence-corrected chi connectivity index (χ0v) is 12.8. The van der Waals surface area contributed by atoms with Crippen molar-refractivity contribution in [2.75, 3.05) is 13.7 Å². The van der Waals surface area contributed by atoms with Gasteiger partial charge < -0.3 is 15.0 Å². The van der Waals surface area contributed by atoms with Crippen molar-refractivity contribution >= 4 is 11.8 Å². The Bertz CT molecular complexity index is 542. The molecular weight excluding hydrogens is 268 g/mol. The van der Waals surface area contributed by atoms with Gasteiger partial charge in [0, 0.05) is 25.1 Å². The third kappa shape index (κ3) is 3.54. The van der Waals surface area contributed by atoms with Gasteiger partial charge in [-0.1, -0.05) is 24.6 Å². The minimum atomic E-state index is -0.421. The molecular formula is C16H22N2O3. The van der Waals surface area contributed by atoms with Gasteiger partial charge in [0.05, 0.1) is 7.11 Å². The van der Waals surface area contributed by atoms with Gasteiger partial charge in [0.15, 0.2) is 0 Å². The highest BCUT2D eigenvalue weighted by molar-refractivity contribution is 5.89. The first kappa shape index (κ1) is 15.4. The van der Waals surface area contributed by atoms with Crippen molar-refractivity contribution in [1.82, 2.24) is 10.2 Å². The minimum absolute atomic E-state index is 0.0214. The number of ether oxygens (including phenoxy) is 1. The van der Waals surface area contributed by atoms with Gasteiger partial charge in [-0.2, -0.15) is 0 Å². The Hall–Kier alpha value is -2.04. The fourth-order valence-electron chi connectivity index (χ4n) is 2.57. The Balaban J connectivity index is 2.23. The van der Waals surface area contributed by atoms with Crippen molar-refractivity contribution in [3.05, 3.63) is 29.3 Å². The molecule has 2 amide bonds. The van der Waals surface area contributed by atoms with Crippen molar-refractivity contribution in [3.8, 4) is 5.75 Å². The van der Waals surface area contributed by atoms with Gasteiger partial charge in [0.1, 0.15) is 11.8 Å². The molecule has 0 spiro atoms. The van der Waals surface area contributed by atoms with Gasteiger partial charge in [-0.3, -0.25) is 9.59 Å². The van der Waals surface area contributed by atoms with Gasteiger partial charge in [-0.25, -0.2) is 0 Å². The molecule has 1 saturated heterocycles. The summed E-state index contributed by atoms with van der Waals surface area (Å²) in [6.45, 7) is 4.82. The zero-order chi connectivity index (χ0) is 15.4. The molecule has 1 atom stereocenters. The number of nitrogens with one attached hydrogen (secondary N) is 1. The molecule has 1 aliphatic rings. The highest BCUT2D eigenvalue weighted by atomic mass is 16.5. The minimum Gasteiger partial charge on any atom is -0.496 e. The lowest BCUT2D eigenvalue weighted by Gasteiger charge is -2.24. The molecule has 1 unspecified atom stereocenters. The van der Waals surface area contributed by atoms with Crippen molar-refractivity contribution < 1.29 is 14.3 Å². The van der Waals surface area contributed by atoms with E-state index in [1.54, 1.807) is 12.0 Å². The summed E-state index contributed by atoms with van der Waals surface area (Å²) in [5.74, 6) is 0.686. The predicted octanol–water partition coefficient (Wildman–Crippen LogP) is 1.63. The molecule has 0 radical (unpaired) electrons. The van der Waals surface area contributed by atoms with E-state index in [-0.39, 0.29) is 11.8 Å². The number of aryl methyl sites for hydroxylation is 1. The molecule has 1 aliphatic heterocycles. The maximum Gasteiger partial charge on any atom is 0.245 e. The number of carbonyl (C=O) groups is 2. The third-order valence-corrected chi connectivity index (χ3v) is 3.76. The van der Waals surface area contributed by atoms with Gasteiger partial charge in [-0.05, 0) is 19.4 Å². The first-order chi connectivity index (χ1) is 10.0. The van der Waals surface area contributed by atoms with Crippen LogP contribution in [0.4, 0.5) is 0 Å². The summed E-state index contributed by atoms with van der Waals surface area (Å²) < 4.78 is 5.36. The van der Waals surface area contributed by atoms with E-state index in [4.69, 9.17) is 4.74 Å². The summed E-state index contributed by atoms with van der Waals surface area (Å²) >= 11 is 0. The summed E-state index contributed by atoms with van der Waals surface area (Å²) in [6, 6.07) is 5.49. The molecule has 5 nitrogen and oxygen atoms in total. The number of hydrogen-bond donors (Lipinski definition) is 1. The lowest BCUT2D eigenvalue weighted by atomic mass is 10.1. The smallest absolute Gasteiger partial charge is 0.245 e. The molecule has 1 fully saturated rings. The van der Waals surface area contributed by atoms with Crippen LogP contribution in [0, 0.1) is 6.92 Å². The van der Waals surface area contributed by atoms with Crippen molar-refractivity contribution in [2.24, 2.45) is 0 Å². The molecule has 0 aromatic heterocycles. The van der Waals surface area contributed by atoms with E-state index >= 15 is 0 Å². The van der Waals surface area contributed by atoms with Crippen LogP contribution < -0.4 is 10.1 Å². The van der Waals surface area contributed by atoms with Crippen LogP contribution in [0.15, 0.2) is 18.2 Å². The Morgan fingerprint density at radius 3 is 2.81 bits per heavy atom. The number of amides is 2. The van der Waals surface area contributed by atoms with E-state index in [1.165, 1.54) is 0 Å². The molecule has 0 aliphatic carbocycles. The van der Waals surface area contributed by atoms with Crippen LogP contribution in [-0.2, 0) is 16.1 Å². The Morgan fingerprint density at radius 1 is 1.38 bits per heavy atom. The van der Waals surface area contributed by atoms with E-state index in [2.05, 4.69) is 5.32 Å². The summed E-state index contributed by atoms with van der Waals surface area (Å²) in [6.07, 6.45) is 0.947. The van der Waals surface area contributed by atoms with Crippen molar-refractivity contribution in [3.63, 3.8) is 0 Å². The first-order valence-electron chi connectivity index (χ1n) is 7.26. The highest BCUT2D eigenvalue weighted by Crippen LogP contribution is 2.22. The normalized spacial score (nSPS) is 19.2. The first-order valence-corrected chi connectivity index (χ1v) is 7.26.